The average molecular weight is 851 g/mol. The van der Waals surface area contributed by atoms with Gasteiger partial charge >= 0.3 is 6.01 Å². The summed E-state index contributed by atoms with van der Waals surface area (Å²) in [6, 6.07) is 12.3. The molecule has 0 saturated carbocycles. The van der Waals surface area contributed by atoms with E-state index in [9.17, 15) is 9.59 Å². The third-order valence-electron chi connectivity index (χ3n) is 8.88. The van der Waals surface area contributed by atoms with Crippen LogP contribution in [0.4, 0.5) is 5.82 Å². The number of aliphatic imine (C=N–C) groups is 1. The first-order valence-electron chi connectivity index (χ1n) is 17.4. The van der Waals surface area contributed by atoms with Crippen LogP contribution in [0.5, 0.6) is 6.01 Å². The van der Waals surface area contributed by atoms with Crippen molar-refractivity contribution in [2.75, 3.05) is 31.7 Å². The molecule has 56 heavy (non-hydrogen) atoms. The van der Waals surface area contributed by atoms with Gasteiger partial charge in [-0.25, -0.2) is 9.97 Å². The van der Waals surface area contributed by atoms with Crippen molar-refractivity contribution >= 4 is 80.8 Å². The first kappa shape index (κ1) is 39.5. The monoisotopic (exact) mass is 849 g/mol. The highest BCUT2D eigenvalue weighted by Crippen LogP contribution is 2.39. The smallest absolute Gasteiger partial charge is 0.316 e. The van der Waals surface area contributed by atoms with Gasteiger partial charge in [0.2, 0.25) is 5.91 Å². The number of thiazole rings is 1. The lowest BCUT2D eigenvalue weighted by Crippen LogP contribution is -2.29. The maximum atomic E-state index is 13.2. The van der Waals surface area contributed by atoms with Gasteiger partial charge in [-0.3, -0.25) is 19.1 Å². The minimum absolute atomic E-state index is 0.0690. The molecule has 2 N–H and O–H groups in total. The summed E-state index contributed by atoms with van der Waals surface area (Å²) in [6.45, 7) is 8.69. The van der Waals surface area contributed by atoms with Crippen LogP contribution in [0.3, 0.4) is 0 Å². The summed E-state index contributed by atoms with van der Waals surface area (Å²) in [5.74, 6) is 1.11. The number of carbonyl (C=O) groups excluding carboxylic acids is 2. The van der Waals surface area contributed by atoms with E-state index in [2.05, 4.69) is 49.6 Å². The zero-order chi connectivity index (χ0) is 39.5. The van der Waals surface area contributed by atoms with Crippen molar-refractivity contribution in [2.24, 2.45) is 4.99 Å². The van der Waals surface area contributed by atoms with E-state index in [0.717, 1.165) is 38.8 Å². The van der Waals surface area contributed by atoms with Crippen molar-refractivity contribution < 1.29 is 19.1 Å². The van der Waals surface area contributed by atoms with E-state index < -0.39 is 11.9 Å². The molecule has 2 amide bonds. The Morgan fingerprint density at radius 1 is 0.929 bits per heavy atom. The van der Waals surface area contributed by atoms with E-state index in [1.54, 1.807) is 35.8 Å². The predicted octanol–water partition coefficient (Wildman–Crippen LogP) is 8.18. The summed E-state index contributed by atoms with van der Waals surface area (Å²) < 4.78 is 13.3. The Kier molecular flexibility index (Phi) is 12.1. The zero-order valence-corrected chi connectivity index (χ0v) is 34.4. The molecule has 1 aliphatic rings. The van der Waals surface area contributed by atoms with Crippen molar-refractivity contribution in [1.82, 2.24) is 35.0 Å². The fraction of sp³-hybridized carbons (Fsp3) is 0.263. The van der Waals surface area contributed by atoms with Crippen LogP contribution < -0.4 is 15.4 Å². The fourth-order valence-electron chi connectivity index (χ4n) is 5.95. The van der Waals surface area contributed by atoms with Crippen LogP contribution in [-0.4, -0.2) is 73.6 Å². The number of amides is 2. The van der Waals surface area contributed by atoms with Crippen molar-refractivity contribution in [2.45, 2.75) is 40.2 Å². The second kappa shape index (κ2) is 17.2. The molecule has 1 atom stereocenters. The molecule has 2 aromatic carbocycles. The molecule has 0 saturated heterocycles. The SMILES string of the molecule is Cc1nc(OCCOCCNC(=O)C[C@@H]2N=C(c3ccc(Cl)cc3)c3c(sc(C)c3C)-n3c(C)nnc32)ncc1C(=O)Nc1csc(-c2ccc(Cl)c(Cl)c2)n1. The highest BCUT2D eigenvalue weighted by Gasteiger charge is 2.32. The second-order valence-corrected chi connectivity index (χ2v) is 16.0. The van der Waals surface area contributed by atoms with Crippen LogP contribution in [0.25, 0.3) is 15.6 Å². The van der Waals surface area contributed by atoms with Crippen LogP contribution in [0.15, 0.2) is 59.0 Å². The Hall–Kier alpha value is -4.77. The third kappa shape index (κ3) is 8.62. The summed E-state index contributed by atoms with van der Waals surface area (Å²) in [6.07, 6.45) is 1.47. The number of benzene rings is 2. The Morgan fingerprint density at radius 3 is 2.48 bits per heavy atom. The highest BCUT2D eigenvalue weighted by molar-refractivity contribution is 7.15. The number of rotatable bonds is 13. The minimum atomic E-state index is -0.572. The van der Waals surface area contributed by atoms with Gasteiger partial charge < -0.3 is 20.1 Å². The van der Waals surface area contributed by atoms with E-state index in [-0.39, 0.29) is 50.3 Å². The van der Waals surface area contributed by atoms with Gasteiger partial charge in [-0.2, -0.15) is 4.98 Å². The lowest BCUT2D eigenvalue weighted by Gasteiger charge is -2.13. The Labute approximate surface area is 345 Å². The number of carbonyl (C=O) groups is 2. The minimum Gasteiger partial charge on any atom is -0.461 e. The summed E-state index contributed by atoms with van der Waals surface area (Å²) in [5, 5.41) is 19.4. The molecule has 0 unspecified atom stereocenters. The van der Waals surface area contributed by atoms with Crippen molar-refractivity contribution in [3.8, 4) is 21.6 Å². The predicted molar refractivity (Wildman–Crippen MR) is 220 cm³/mol. The second-order valence-electron chi connectivity index (χ2n) is 12.7. The molecule has 1 aliphatic heterocycles. The number of fused-ring (bicyclic) bond motifs is 3. The summed E-state index contributed by atoms with van der Waals surface area (Å²) >= 11 is 21.4. The number of thiophene rings is 1. The maximum Gasteiger partial charge on any atom is 0.316 e. The Balaban J connectivity index is 0.887. The van der Waals surface area contributed by atoms with E-state index in [1.165, 1.54) is 22.4 Å². The molecule has 4 aromatic heterocycles. The molecule has 0 spiro atoms. The molecular weight excluding hydrogens is 817 g/mol. The normalized spacial score (nSPS) is 13.4. The Morgan fingerprint density at radius 2 is 1.71 bits per heavy atom. The van der Waals surface area contributed by atoms with Gasteiger partial charge in [-0.05, 0) is 57.5 Å². The van der Waals surface area contributed by atoms with Gasteiger partial charge in [-0.15, -0.1) is 32.9 Å². The molecule has 6 aromatic rings. The highest BCUT2D eigenvalue weighted by atomic mass is 35.5. The number of aromatic nitrogens is 6. The van der Waals surface area contributed by atoms with Crippen LogP contribution >= 0.6 is 57.5 Å². The molecule has 13 nitrogen and oxygen atoms in total. The summed E-state index contributed by atoms with van der Waals surface area (Å²) in [7, 11) is 0. The van der Waals surface area contributed by atoms with E-state index in [1.807, 2.05) is 41.8 Å². The molecular formula is C38H34Cl3N9O4S2. The number of nitrogens with one attached hydrogen (secondary N) is 2. The van der Waals surface area contributed by atoms with Crippen LogP contribution in [-0.2, 0) is 9.53 Å². The van der Waals surface area contributed by atoms with Gasteiger partial charge in [0.25, 0.3) is 5.91 Å². The largest absolute Gasteiger partial charge is 0.461 e. The van der Waals surface area contributed by atoms with E-state index in [0.29, 0.717) is 37.4 Å². The van der Waals surface area contributed by atoms with Gasteiger partial charge in [0.15, 0.2) is 5.82 Å². The standard InChI is InChI=1S/C38H34Cl3N9O4S2/c1-19-21(3)56-37-32(19)33(23-5-8-25(39)9-6-23)45-29(34-49-48-22(4)50(34)37)16-31(51)42-11-12-53-13-14-54-38-43-17-26(20(2)44-38)35(52)46-30-18-55-36(47-30)24-7-10-27(40)28(41)15-24/h5-10,15,17-18,29H,11-14,16H2,1-4H3,(H,42,51)(H,46,52)/t29-/m0/s1. The fourth-order valence-corrected chi connectivity index (χ4v) is 8.34. The molecule has 0 bridgehead atoms. The van der Waals surface area contributed by atoms with Crippen molar-refractivity contribution in [1.29, 1.82) is 0 Å². The average Bonchev–Trinajstić information content (AvgIpc) is 3.85. The molecule has 0 radical (unpaired) electrons. The maximum absolute atomic E-state index is 13.2. The van der Waals surface area contributed by atoms with Gasteiger partial charge in [0, 0.05) is 44.7 Å². The van der Waals surface area contributed by atoms with Crippen LogP contribution in [0, 0.1) is 27.7 Å². The molecule has 5 heterocycles. The lowest BCUT2D eigenvalue weighted by atomic mass is 9.99. The number of halogens is 3. The number of anilines is 1. The molecule has 18 heteroatoms. The van der Waals surface area contributed by atoms with Crippen LogP contribution in [0.1, 0.15) is 61.7 Å². The van der Waals surface area contributed by atoms with Gasteiger partial charge in [0.05, 0.1) is 46.6 Å². The van der Waals surface area contributed by atoms with Crippen LogP contribution in [0.2, 0.25) is 15.1 Å². The molecule has 0 fully saturated rings. The number of hydrogen-bond donors (Lipinski definition) is 2. The number of nitrogens with zero attached hydrogens (tertiary/aromatic N) is 7. The summed E-state index contributed by atoms with van der Waals surface area (Å²) in [5.41, 5.74) is 5.31. The number of aryl methyl sites for hydroxylation is 3. The molecule has 0 aliphatic carbocycles. The lowest BCUT2D eigenvalue weighted by molar-refractivity contribution is -0.121. The van der Waals surface area contributed by atoms with Gasteiger partial charge in [-0.1, -0.05) is 53.0 Å². The molecule has 7 rings (SSSR count). The quantitative estimate of drug-likeness (QED) is 0.109. The first-order valence-corrected chi connectivity index (χ1v) is 20.2. The first-order chi connectivity index (χ1) is 27.0. The van der Waals surface area contributed by atoms with Crippen molar-refractivity contribution in [3.63, 3.8) is 0 Å². The van der Waals surface area contributed by atoms with Crippen molar-refractivity contribution in [3.05, 3.63) is 114 Å². The van der Waals surface area contributed by atoms with Gasteiger partial charge in [0.1, 0.15) is 34.3 Å². The third-order valence-corrected chi connectivity index (χ3v) is 12.0. The Bertz CT molecular complexity index is 2460. The van der Waals surface area contributed by atoms with E-state index >= 15 is 0 Å². The molecule has 288 valence electrons. The summed E-state index contributed by atoms with van der Waals surface area (Å²) in [4.78, 5) is 45.5. The zero-order valence-electron chi connectivity index (χ0n) is 30.5. The van der Waals surface area contributed by atoms with E-state index in [4.69, 9.17) is 49.3 Å². The number of ether oxygens (including phenoxy) is 2. The number of hydrogen-bond acceptors (Lipinski definition) is 12. The topological polar surface area (TPSA) is 158 Å².